The van der Waals surface area contributed by atoms with E-state index in [0.717, 1.165) is 32.1 Å². The molecule has 2 aliphatic rings. The predicted molar refractivity (Wildman–Crippen MR) is 117 cm³/mol. The van der Waals surface area contributed by atoms with Crippen LogP contribution in [0, 0.1) is 11.8 Å². The fraction of sp³-hybridized carbons (Fsp3) is 0.400. The van der Waals surface area contributed by atoms with Gasteiger partial charge < -0.3 is 10.1 Å². The van der Waals surface area contributed by atoms with Crippen molar-refractivity contribution in [2.45, 2.75) is 38.5 Å². The summed E-state index contributed by atoms with van der Waals surface area (Å²) in [5.41, 5.74) is 1.78. The SMILES string of the molecule is O=C(CCN1C(=O)C2CCCCC2C1=O)Nc1ccccc1OCCc1ccccc1. The molecule has 0 spiro atoms. The van der Waals surface area contributed by atoms with Crippen molar-refractivity contribution in [1.29, 1.82) is 0 Å². The van der Waals surface area contributed by atoms with Crippen LogP contribution in [0.2, 0.25) is 0 Å². The fourth-order valence-electron chi connectivity index (χ4n) is 4.50. The Kier molecular flexibility index (Phi) is 6.65. The number of carbonyl (C=O) groups is 3. The molecule has 162 valence electrons. The van der Waals surface area contributed by atoms with Crippen LogP contribution in [0.3, 0.4) is 0 Å². The molecule has 1 N–H and O–H groups in total. The molecule has 0 aromatic heterocycles. The summed E-state index contributed by atoms with van der Waals surface area (Å²) in [6.45, 7) is 0.629. The second-order valence-corrected chi connectivity index (χ2v) is 8.20. The molecule has 6 nitrogen and oxygen atoms in total. The highest BCUT2D eigenvalue weighted by Crippen LogP contribution is 2.38. The molecule has 2 aromatic carbocycles. The minimum Gasteiger partial charge on any atom is -0.491 e. The molecule has 6 heteroatoms. The third-order valence-electron chi connectivity index (χ3n) is 6.15. The number of amides is 3. The van der Waals surface area contributed by atoms with Crippen LogP contribution in [0.5, 0.6) is 5.75 Å². The minimum atomic E-state index is -0.241. The maximum Gasteiger partial charge on any atom is 0.233 e. The van der Waals surface area contributed by atoms with Crippen LogP contribution in [0.1, 0.15) is 37.7 Å². The van der Waals surface area contributed by atoms with E-state index in [9.17, 15) is 14.4 Å². The predicted octanol–water partition coefficient (Wildman–Crippen LogP) is 3.81. The van der Waals surface area contributed by atoms with E-state index in [4.69, 9.17) is 4.74 Å². The van der Waals surface area contributed by atoms with Crippen molar-refractivity contribution < 1.29 is 19.1 Å². The van der Waals surface area contributed by atoms with E-state index in [2.05, 4.69) is 5.32 Å². The van der Waals surface area contributed by atoms with E-state index in [0.29, 0.717) is 18.0 Å². The van der Waals surface area contributed by atoms with E-state index in [1.807, 2.05) is 48.5 Å². The zero-order chi connectivity index (χ0) is 21.6. The first-order valence-corrected chi connectivity index (χ1v) is 11.0. The van der Waals surface area contributed by atoms with Gasteiger partial charge in [0, 0.05) is 19.4 Å². The number of nitrogens with one attached hydrogen (secondary N) is 1. The number of nitrogens with zero attached hydrogens (tertiary/aromatic N) is 1. The van der Waals surface area contributed by atoms with Crippen molar-refractivity contribution in [1.82, 2.24) is 4.90 Å². The van der Waals surface area contributed by atoms with Gasteiger partial charge in [-0.15, -0.1) is 0 Å². The van der Waals surface area contributed by atoms with Crippen molar-refractivity contribution in [3.8, 4) is 5.75 Å². The van der Waals surface area contributed by atoms with Crippen molar-refractivity contribution in [3.63, 3.8) is 0 Å². The van der Waals surface area contributed by atoms with Gasteiger partial charge >= 0.3 is 0 Å². The third-order valence-corrected chi connectivity index (χ3v) is 6.15. The first-order chi connectivity index (χ1) is 15.1. The highest BCUT2D eigenvalue weighted by Gasteiger charge is 2.47. The highest BCUT2D eigenvalue weighted by molar-refractivity contribution is 6.05. The smallest absolute Gasteiger partial charge is 0.233 e. The van der Waals surface area contributed by atoms with Crippen LogP contribution < -0.4 is 10.1 Å². The van der Waals surface area contributed by atoms with E-state index in [1.54, 1.807) is 6.07 Å². The molecule has 2 atom stereocenters. The lowest BCUT2D eigenvalue weighted by Crippen LogP contribution is -2.34. The summed E-state index contributed by atoms with van der Waals surface area (Å²) in [5, 5.41) is 2.86. The number of hydrogen-bond donors (Lipinski definition) is 1. The van der Waals surface area contributed by atoms with Crippen LogP contribution in [0.15, 0.2) is 54.6 Å². The van der Waals surface area contributed by atoms with Gasteiger partial charge in [-0.25, -0.2) is 0 Å². The Balaban J connectivity index is 1.30. The van der Waals surface area contributed by atoms with Gasteiger partial charge in [0.2, 0.25) is 17.7 Å². The lowest BCUT2D eigenvalue weighted by atomic mass is 9.81. The molecule has 4 rings (SSSR count). The summed E-state index contributed by atoms with van der Waals surface area (Å²) in [4.78, 5) is 39.0. The van der Waals surface area contributed by atoms with Crippen LogP contribution in [-0.2, 0) is 20.8 Å². The van der Waals surface area contributed by atoms with Gasteiger partial charge in [0.15, 0.2) is 0 Å². The summed E-state index contributed by atoms with van der Waals surface area (Å²) in [6.07, 6.45) is 4.41. The zero-order valence-corrected chi connectivity index (χ0v) is 17.6. The van der Waals surface area contributed by atoms with Gasteiger partial charge in [0.1, 0.15) is 5.75 Å². The molecular weight excluding hydrogens is 392 g/mol. The maximum atomic E-state index is 12.6. The minimum absolute atomic E-state index is 0.0786. The summed E-state index contributed by atoms with van der Waals surface area (Å²) < 4.78 is 5.88. The highest BCUT2D eigenvalue weighted by atomic mass is 16.5. The maximum absolute atomic E-state index is 12.6. The Bertz CT molecular complexity index is 920. The average Bonchev–Trinajstić information content (AvgIpc) is 3.04. The topological polar surface area (TPSA) is 75.7 Å². The molecule has 0 radical (unpaired) electrons. The Morgan fingerprint density at radius 1 is 0.935 bits per heavy atom. The summed E-state index contributed by atoms with van der Waals surface area (Å²) >= 11 is 0. The molecule has 31 heavy (non-hydrogen) atoms. The second-order valence-electron chi connectivity index (χ2n) is 8.20. The standard InChI is InChI=1S/C25H28N2O4/c28-23(14-16-27-24(29)19-10-4-5-11-20(19)25(27)30)26-21-12-6-7-13-22(21)31-17-15-18-8-2-1-3-9-18/h1-3,6-9,12-13,19-20H,4-5,10-11,14-17H2,(H,26,28). The molecular formula is C25H28N2O4. The number of hydrogen-bond acceptors (Lipinski definition) is 4. The van der Waals surface area contributed by atoms with E-state index >= 15 is 0 Å². The molecule has 2 fully saturated rings. The number of para-hydroxylation sites is 2. The Morgan fingerprint density at radius 3 is 2.29 bits per heavy atom. The molecule has 0 bridgehead atoms. The van der Waals surface area contributed by atoms with Crippen LogP contribution in [0.4, 0.5) is 5.69 Å². The number of fused-ring (bicyclic) bond motifs is 1. The van der Waals surface area contributed by atoms with Crippen molar-refractivity contribution in [2.24, 2.45) is 11.8 Å². The normalized spacial score (nSPS) is 20.5. The summed E-state index contributed by atoms with van der Waals surface area (Å²) in [7, 11) is 0. The summed E-state index contributed by atoms with van der Waals surface area (Å²) in [6, 6.07) is 17.4. The monoisotopic (exact) mass is 420 g/mol. The van der Waals surface area contributed by atoms with E-state index < -0.39 is 0 Å². The first kappa shape index (κ1) is 21.1. The van der Waals surface area contributed by atoms with Crippen molar-refractivity contribution >= 4 is 23.4 Å². The number of likely N-dealkylation sites (tertiary alicyclic amines) is 1. The lowest BCUT2D eigenvalue weighted by molar-refractivity contribution is -0.140. The molecule has 2 aromatic rings. The quantitative estimate of drug-likeness (QED) is 0.659. The number of benzene rings is 2. The van der Waals surface area contributed by atoms with Gasteiger partial charge in [-0.1, -0.05) is 55.3 Å². The lowest BCUT2D eigenvalue weighted by Gasteiger charge is -2.19. The molecule has 1 aliphatic heterocycles. The van der Waals surface area contributed by atoms with Crippen molar-refractivity contribution in [3.05, 3.63) is 60.2 Å². The van der Waals surface area contributed by atoms with E-state index in [1.165, 1.54) is 10.5 Å². The Labute approximate surface area is 182 Å². The number of rotatable bonds is 8. The molecule has 1 aliphatic carbocycles. The molecule has 3 amide bonds. The van der Waals surface area contributed by atoms with E-state index in [-0.39, 0.29) is 42.5 Å². The third kappa shape index (κ3) is 4.95. The average molecular weight is 421 g/mol. The first-order valence-electron chi connectivity index (χ1n) is 11.0. The fourth-order valence-corrected chi connectivity index (χ4v) is 4.50. The zero-order valence-electron chi connectivity index (χ0n) is 17.6. The number of carbonyl (C=O) groups excluding carboxylic acids is 3. The van der Waals surface area contributed by atoms with Crippen LogP contribution in [0.25, 0.3) is 0 Å². The number of imide groups is 1. The van der Waals surface area contributed by atoms with Gasteiger partial charge in [0.25, 0.3) is 0 Å². The second kappa shape index (κ2) is 9.77. The Morgan fingerprint density at radius 2 is 1.58 bits per heavy atom. The largest absolute Gasteiger partial charge is 0.491 e. The number of ether oxygens (including phenoxy) is 1. The number of anilines is 1. The van der Waals surface area contributed by atoms with Gasteiger partial charge in [0.05, 0.1) is 24.1 Å². The van der Waals surface area contributed by atoms with Crippen LogP contribution >= 0.6 is 0 Å². The van der Waals surface area contributed by atoms with Gasteiger partial charge in [-0.3, -0.25) is 19.3 Å². The van der Waals surface area contributed by atoms with Gasteiger partial charge in [-0.2, -0.15) is 0 Å². The molecule has 2 unspecified atom stereocenters. The van der Waals surface area contributed by atoms with Crippen molar-refractivity contribution in [2.75, 3.05) is 18.5 Å². The van der Waals surface area contributed by atoms with Gasteiger partial charge in [-0.05, 0) is 30.5 Å². The molecule has 1 saturated carbocycles. The summed E-state index contributed by atoms with van der Waals surface area (Å²) in [5.74, 6) is -0.203. The molecule has 1 heterocycles. The Hall–Kier alpha value is -3.15. The van der Waals surface area contributed by atoms with Crippen LogP contribution in [-0.4, -0.2) is 35.8 Å². The molecule has 1 saturated heterocycles.